The van der Waals surface area contributed by atoms with Crippen molar-refractivity contribution < 1.29 is 4.74 Å². The first-order chi connectivity index (χ1) is 6.09. The largest absolute Gasteiger partial charge is 0.477 e. The minimum atomic E-state index is 0.265. The molecule has 0 aromatic heterocycles. The van der Waals surface area contributed by atoms with Crippen LogP contribution in [0.1, 0.15) is 23.6 Å². The molecule has 70 valence electrons. The van der Waals surface area contributed by atoms with Crippen LogP contribution < -0.4 is 0 Å². The third-order valence-corrected chi connectivity index (χ3v) is 1.95. The second kappa shape index (κ2) is 4.08. The van der Waals surface area contributed by atoms with Gasteiger partial charge in [-0.15, -0.1) is 0 Å². The highest BCUT2D eigenvalue weighted by Crippen LogP contribution is 2.11. The predicted octanol–water partition coefficient (Wildman–Crippen LogP) is 2.82. The minimum absolute atomic E-state index is 0.265. The molecule has 0 saturated carbocycles. The highest BCUT2D eigenvalue weighted by atomic mass is 16.5. The Morgan fingerprint density at radius 3 is 2.69 bits per heavy atom. The molecule has 0 heterocycles. The number of ether oxygens (including phenoxy) is 1. The summed E-state index contributed by atoms with van der Waals surface area (Å²) in [6, 6.07) is 6.25. The number of benzene rings is 1. The Balaban J connectivity index is 2.75. The van der Waals surface area contributed by atoms with Gasteiger partial charge in [0.2, 0.25) is 0 Å². The molecular formula is C11H15NO. The van der Waals surface area contributed by atoms with Gasteiger partial charge in [0, 0.05) is 6.92 Å². The molecule has 0 bridgehead atoms. The van der Waals surface area contributed by atoms with Gasteiger partial charge in [-0.1, -0.05) is 23.8 Å². The normalized spacial score (nSPS) is 9.77. The van der Waals surface area contributed by atoms with Crippen molar-refractivity contribution in [1.29, 1.82) is 5.41 Å². The van der Waals surface area contributed by atoms with Crippen molar-refractivity contribution in [3.05, 3.63) is 34.9 Å². The van der Waals surface area contributed by atoms with Gasteiger partial charge < -0.3 is 4.74 Å². The lowest BCUT2D eigenvalue weighted by Crippen LogP contribution is -1.99. The lowest BCUT2D eigenvalue weighted by molar-refractivity contribution is 0.286. The lowest BCUT2D eigenvalue weighted by Gasteiger charge is -2.07. The van der Waals surface area contributed by atoms with Crippen LogP contribution in [0.4, 0.5) is 0 Å². The van der Waals surface area contributed by atoms with E-state index in [9.17, 15) is 0 Å². The second-order valence-corrected chi connectivity index (χ2v) is 3.27. The number of rotatable bonds is 2. The first-order valence-corrected chi connectivity index (χ1v) is 4.33. The van der Waals surface area contributed by atoms with Gasteiger partial charge in [-0.05, 0) is 25.0 Å². The van der Waals surface area contributed by atoms with E-state index in [4.69, 9.17) is 10.1 Å². The maximum atomic E-state index is 7.15. The summed E-state index contributed by atoms with van der Waals surface area (Å²) in [6.07, 6.45) is 0. The van der Waals surface area contributed by atoms with Gasteiger partial charge in [0.25, 0.3) is 0 Å². The Kier molecular flexibility index (Phi) is 3.07. The molecule has 1 N–H and O–H groups in total. The number of hydrogen-bond acceptors (Lipinski definition) is 2. The van der Waals surface area contributed by atoms with Crippen LogP contribution in [0.25, 0.3) is 0 Å². The Morgan fingerprint density at radius 2 is 2.08 bits per heavy atom. The summed E-state index contributed by atoms with van der Waals surface area (Å²) in [5.74, 6) is 0.265. The smallest absolute Gasteiger partial charge is 0.177 e. The molecule has 0 spiro atoms. The van der Waals surface area contributed by atoms with Crippen molar-refractivity contribution in [2.45, 2.75) is 27.4 Å². The van der Waals surface area contributed by atoms with Gasteiger partial charge in [0.15, 0.2) is 5.90 Å². The third kappa shape index (κ3) is 2.90. The standard InChI is InChI=1S/C11H15NO/c1-8-4-5-9(2)11(6-8)7-13-10(3)12/h4-6,12H,7H2,1-3H3. The zero-order chi connectivity index (χ0) is 9.84. The first kappa shape index (κ1) is 9.78. The Morgan fingerprint density at radius 1 is 1.38 bits per heavy atom. The lowest BCUT2D eigenvalue weighted by atomic mass is 10.1. The van der Waals surface area contributed by atoms with Gasteiger partial charge in [-0.3, -0.25) is 5.41 Å². The summed E-state index contributed by atoms with van der Waals surface area (Å²) >= 11 is 0. The molecular weight excluding hydrogens is 162 g/mol. The fraction of sp³-hybridized carbons (Fsp3) is 0.364. The van der Waals surface area contributed by atoms with E-state index in [2.05, 4.69) is 32.0 Å². The van der Waals surface area contributed by atoms with Crippen LogP contribution in [0, 0.1) is 19.3 Å². The van der Waals surface area contributed by atoms with Crippen molar-refractivity contribution in [2.24, 2.45) is 0 Å². The summed E-state index contributed by atoms with van der Waals surface area (Å²) in [5.41, 5.74) is 3.60. The summed E-state index contributed by atoms with van der Waals surface area (Å²) in [7, 11) is 0. The molecule has 0 amide bonds. The molecule has 1 rings (SSSR count). The summed E-state index contributed by atoms with van der Waals surface area (Å²) < 4.78 is 5.15. The summed E-state index contributed by atoms with van der Waals surface area (Å²) in [6.45, 7) is 6.26. The van der Waals surface area contributed by atoms with E-state index in [-0.39, 0.29) is 5.90 Å². The number of aryl methyl sites for hydroxylation is 2. The van der Waals surface area contributed by atoms with E-state index in [1.54, 1.807) is 6.92 Å². The predicted molar refractivity (Wildman–Crippen MR) is 54.1 cm³/mol. The van der Waals surface area contributed by atoms with Crippen LogP contribution in [0.3, 0.4) is 0 Å². The van der Waals surface area contributed by atoms with Gasteiger partial charge in [-0.25, -0.2) is 0 Å². The molecule has 1 aromatic carbocycles. The molecule has 0 unspecified atom stereocenters. The Bertz CT molecular complexity index is 318. The van der Waals surface area contributed by atoms with E-state index in [1.165, 1.54) is 11.1 Å². The van der Waals surface area contributed by atoms with Crippen LogP contribution in [-0.2, 0) is 11.3 Å². The van der Waals surface area contributed by atoms with Crippen molar-refractivity contribution in [2.75, 3.05) is 0 Å². The minimum Gasteiger partial charge on any atom is -0.477 e. The molecule has 0 aliphatic rings. The van der Waals surface area contributed by atoms with E-state index < -0.39 is 0 Å². The van der Waals surface area contributed by atoms with Crippen molar-refractivity contribution in [3.8, 4) is 0 Å². The molecule has 0 fully saturated rings. The van der Waals surface area contributed by atoms with Crippen molar-refractivity contribution >= 4 is 5.90 Å². The van der Waals surface area contributed by atoms with Crippen molar-refractivity contribution in [1.82, 2.24) is 0 Å². The summed E-state index contributed by atoms with van der Waals surface area (Å²) in [5, 5.41) is 7.15. The van der Waals surface area contributed by atoms with Crippen LogP contribution in [-0.4, -0.2) is 5.90 Å². The van der Waals surface area contributed by atoms with Crippen LogP contribution in [0.15, 0.2) is 18.2 Å². The van der Waals surface area contributed by atoms with E-state index in [1.807, 2.05) is 0 Å². The molecule has 13 heavy (non-hydrogen) atoms. The van der Waals surface area contributed by atoms with Gasteiger partial charge in [-0.2, -0.15) is 0 Å². The Labute approximate surface area is 79.1 Å². The monoisotopic (exact) mass is 177 g/mol. The highest BCUT2D eigenvalue weighted by molar-refractivity contribution is 5.69. The Hall–Kier alpha value is -1.31. The zero-order valence-corrected chi connectivity index (χ0v) is 8.35. The van der Waals surface area contributed by atoms with Crippen molar-refractivity contribution in [3.63, 3.8) is 0 Å². The highest BCUT2D eigenvalue weighted by Gasteiger charge is 1.99. The molecule has 0 aliphatic heterocycles. The van der Waals surface area contributed by atoms with Gasteiger partial charge in [0.05, 0.1) is 0 Å². The summed E-state index contributed by atoms with van der Waals surface area (Å²) in [4.78, 5) is 0. The van der Waals surface area contributed by atoms with Crippen LogP contribution >= 0.6 is 0 Å². The number of nitrogens with one attached hydrogen (secondary N) is 1. The number of hydrogen-bond donors (Lipinski definition) is 1. The van der Waals surface area contributed by atoms with E-state index in [0.29, 0.717) is 6.61 Å². The maximum absolute atomic E-state index is 7.15. The molecule has 0 saturated heterocycles. The molecule has 2 nitrogen and oxygen atoms in total. The molecule has 0 aliphatic carbocycles. The van der Waals surface area contributed by atoms with E-state index in [0.717, 1.165) is 5.56 Å². The molecule has 0 radical (unpaired) electrons. The van der Waals surface area contributed by atoms with Crippen LogP contribution in [0.2, 0.25) is 0 Å². The first-order valence-electron chi connectivity index (χ1n) is 4.33. The topological polar surface area (TPSA) is 33.1 Å². The fourth-order valence-electron chi connectivity index (χ4n) is 1.14. The molecule has 2 heteroatoms. The van der Waals surface area contributed by atoms with Crippen LogP contribution in [0.5, 0.6) is 0 Å². The average Bonchev–Trinajstić information content (AvgIpc) is 2.06. The average molecular weight is 177 g/mol. The molecule has 1 aromatic rings. The van der Waals surface area contributed by atoms with Gasteiger partial charge >= 0.3 is 0 Å². The quantitative estimate of drug-likeness (QED) is 0.547. The van der Waals surface area contributed by atoms with E-state index >= 15 is 0 Å². The molecule has 0 atom stereocenters. The third-order valence-electron chi connectivity index (χ3n) is 1.95. The second-order valence-electron chi connectivity index (χ2n) is 3.27. The zero-order valence-electron chi connectivity index (χ0n) is 8.35. The van der Waals surface area contributed by atoms with Gasteiger partial charge in [0.1, 0.15) is 6.61 Å². The fourth-order valence-corrected chi connectivity index (χ4v) is 1.14. The maximum Gasteiger partial charge on any atom is 0.177 e. The SMILES string of the molecule is CC(=N)OCc1cc(C)ccc1C.